The number of ether oxygens (including phenoxy) is 2. The van der Waals surface area contributed by atoms with Gasteiger partial charge in [0.05, 0.1) is 22.2 Å². The lowest BCUT2D eigenvalue weighted by atomic mass is 10.2. The van der Waals surface area contributed by atoms with Crippen LogP contribution >= 0.6 is 11.6 Å². The van der Waals surface area contributed by atoms with Gasteiger partial charge in [-0.2, -0.15) is 0 Å². The smallest absolute Gasteiger partial charge is 0.360 e. The molecule has 2 aromatic carbocycles. The molecule has 0 aliphatic carbocycles. The molecule has 0 bridgehead atoms. The molecule has 4 rings (SSSR count). The van der Waals surface area contributed by atoms with Crippen LogP contribution in [0.4, 0.5) is 15.9 Å². The van der Waals surface area contributed by atoms with Crippen LogP contribution in [0, 0.1) is 5.82 Å². The highest BCUT2D eigenvalue weighted by molar-refractivity contribution is 6.31. The molecular weight excluding hydrogens is 385 g/mol. The van der Waals surface area contributed by atoms with Gasteiger partial charge in [0.2, 0.25) is 0 Å². The SMILES string of the molecule is O=C(OC[C@@H]1CCCO1)c1nc2ccccc2nc1Nc1ccc(F)c(Cl)c1. The summed E-state index contributed by atoms with van der Waals surface area (Å²) in [4.78, 5) is 21.6. The Hall–Kier alpha value is -2.77. The van der Waals surface area contributed by atoms with Crippen LogP contribution in [0.1, 0.15) is 23.3 Å². The highest BCUT2D eigenvalue weighted by Gasteiger charge is 2.22. The van der Waals surface area contributed by atoms with Crippen molar-refractivity contribution in [2.24, 2.45) is 0 Å². The number of halogens is 2. The van der Waals surface area contributed by atoms with Crippen LogP contribution in [0.25, 0.3) is 11.0 Å². The minimum absolute atomic E-state index is 0.0390. The van der Waals surface area contributed by atoms with Crippen molar-refractivity contribution in [3.05, 3.63) is 59.0 Å². The predicted octanol–water partition coefficient (Wildman–Crippen LogP) is 4.50. The van der Waals surface area contributed by atoms with Crippen LogP contribution in [0.15, 0.2) is 42.5 Å². The van der Waals surface area contributed by atoms with Gasteiger partial charge < -0.3 is 14.8 Å². The van der Waals surface area contributed by atoms with Crippen LogP contribution in [0.2, 0.25) is 5.02 Å². The van der Waals surface area contributed by atoms with Gasteiger partial charge in [0.1, 0.15) is 12.4 Å². The molecule has 0 radical (unpaired) electrons. The molecule has 0 spiro atoms. The van der Waals surface area contributed by atoms with E-state index in [1.807, 2.05) is 12.1 Å². The molecule has 144 valence electrons. The van der Waals surface area contributed by atoms with E-state index in [-0.39, 0.29) is 29.2 Å². The average molecular weight is 402 g/mol. The number of nitrogens with one attached hydrogen (secondary N) is 1. The first-order valence-electron chi connectivity index (χ1n) is 8.88. The summed E-state index contributed by atoms with van der Waals surface area (Å²) in [5.74, 6) is -0.934. The van der Waals surface area contributed by atoms with Gasteiger partial charge in [0.25, 0.3) is 0 Å². The van der Waals surface area contributed by atoms with Gasteiger partial charge in [-0.3, -0.25) is 0 Å². The zero-order chi connectivity index (χ0) is 19.5. The van der Waals surface area contributed by atoms with Gasteiger partial charge in [0.15, 0.2) is 11.5 Å². The molecule has 1 fully saturated rings. The summed E-state index contributed by atoms with van der Waals surface area (Å²) in [7, 11) is 0. The van der Waals surface area contributed by atoms with Crippen molar-refractivity contribution in [1.29, 1.82) is 0 Å². The van der Waals surface area contributed by atoms with Crippen molar-refractivity contribution in [1.82, 2.24) is 9.97 Å². The fourth-order valence-corrected chi connectivity index (χ4v) is 3.13. The average Bonchev–Trinajstić information content (AvgIpc) is 3.22. The number of fused-ring (bicyclic) bond motifs is 1. The van der Waals surface area contributed by atoms with Gasteiger partial charge in [0, 0.05) is 12.3 Å². The first-order chi connectivity index (χ1) is 13.6. The van der Waals surface area contributed by atoms with Gasteiger partial charge in [-0.25, -0.2) is 19.2 Å². The number of benzene rings is 2. The standard InChI is InChI=1S/C20H17ClFN3O3/c21-14-10-12(7-8-15(14)22)23-19-18(20(26)28-11-13-4-3-9-27-13)24-16-5-1-2-6-17(16)25-19/h1-2,5-8,10,13H,3-4,9,11H2,(H,23,25)/t13-/m0/s1. The number of esters is 1. The maximum Gasteiger partial charge on any atom is 0.360 e. The molecule has 3 aromatic rings. The summed E-state index contributed by atoms with van der Waals surface area (Å²) in [5, 5.41) is 2.94. The molecule has 0 saturated carbocycles. The predicted molar refractivity (Wildman–Crippen MR) is 103 cm³/mol. The molecule has 8 heteroatoms. The Labute approximate surface area is 165 Å². The summed E-state index contributed by atoms with van der Waals surface area (Å²) >= 11 is 5.84. The lowest BCUT2D eigenvalue weighted by Crippen LogP contribution is -2.19. The van der Waals surface area contributed by atoms with E-state index >= 15 is 0 Å². The molecule has 1 aromatic heterocycles. The summed E-state index contributed by atoms with van der Waals surface area (Å²) in [6.07, 6.45) is 1.72. The normalized spacial score (nSPS) is 16.3. The third kappa shape index (κ3) is 4.05. The van der Waals surface area contributed by atoms with Gasteiger partial charge in [-0.1, -0.05) is 23.7 Å². The number of carbonyl (C=O) groups is 1. The zero-order valence-electron chi connectivity index (χ0n) is 14.8. The third-order valence-electron chi connectivity index (χ3n) is 4.37. The molecule has 6 nitrogen and oxygen atoms in total. The van der Waals surface area contributed by atoms with Crippen LogP contribution < -0.4 is 5.32 Å². The van der Waals surface area contributed by atoms with E-state index in [9.17, 15) is 9.18 Å². The summed E-state index contributed by atoms with van der Waals surface area (Å²) in [6.45, 7) is 0.839. The van der Waals surface area contributed by atoms with E-state index in [0.717, 1.165) is 12.8 Å². The molecular formula is C20H17ClFN3O3. The van der Waals surface area contributed by atoms with Gasteiger partial charge in [-0.05, 0) is 43.2 Å². The first kappa shape index (κ1) is 18.6. The Morgan fingerprint density at radius 1 is 1.25 bits per heavy atom. The molecule has 1 aliphatic rings. The Bertz CT molecular complexity index is 1020. The highest BCUT2D eigenvalue weighted by atomic mass is 35.5. The van der Waals surface area contributed by atoms with Crippen molar-refractivity contribution in [3.8, 4) is 0 Å². The molecule has 2 heterocycles. The van der Waals surface area contributed by atoms with E-state index < -0.39 is 11.8 Å². The van der Waals surface area contributed by atoms with Crippen molar-refractivity contribution >= 4 is 40.1 Å². The second-order valence-electron chi connectivity index (χ2n) is 6.40. The van der Waals surface area contributed by atoms with Crippen molar-refractivity contribution in [3.63, 3.8) is 0 Å². The number of anilines is 2. The van der Waals surface area contributed by atoms with Crippen LogP contribution in [-0.2, 0) is 9.47 Å². The Morgan fingerprint density at radius 2 is 2.04 bits per heavy atom. The molecule has 1 atom stereocenters. The van der Waals surface area contributed by atoms with Gasteiger partial charge in [-0.15, -0.1) is 0 Å². The third-order valence-corrected chi connectivity index (χ3v) is 4.66. The van der Waals surface area contributed by atoms with Crippen molar-refractivity contribution < 1.29 is 18.7 Å². The molecule has 28 heavy (non-hydrogen) atoms. The van der Waals surface area contributed by atoms with Crippen LogP contribution in [0.5, 0.6) is 0 Å². The second kappa shape index (κ2) is 8.08. The van der Waals surface area contributed by atoms with Gasteiger partial charge >= 0.3 is 5.97 Å². The number of rotatable bonds is 5. The number of hydrogen-bond acceptors (Lipinski definition) is 6. The van der Waals surface area contributed by atoms with E-state index in [1.165, 1.54) is 18.2 Å². The first-order valence-corrected chi connectivity index (χ1v) is 9.25. The Balaban J connectivity index is 1.65. The van der Waals surface area contributed by atoms with E-state index in [0.29, 0.717) is 23.3 Å². The van der Waals surface area contributed by atoms with Crippen molar-refractivity contribution in [2.75, 3.05) is 18.5 Å². The largest absolute Gasteiger partial charge is 0.458 e. The molecule has 1 aliphatic heterocycles. The fourth-order valence-electron chi connectivity index (χ4n) is 2.95. The zero-order valence-corrected chi connectivity index (χ0v) is 15.6. The quantitative estimate of drug-likeness (QED) is 0.634. The fraction of sp³-hybridized carbons (Fsp3) is 0.250. The summed E-state index contributed by atoms with van der Waals surface area (Å²) in [5.41, 5.74) is 1.68. The highest BCUT2D eigenvalue weighted by Crippen LogP contribution is 2.25. The number of hydrogen-bond donors (Lipinski definition) is 1. The summed E-state index contributed by atoms with van der Waals surface area (Å²) < 4.78 is 24.3. The van der Waals surface area contributed by atoms with Crippen LogP contribution in [0.3, 0.4) is 0 Å². The number of aromatic nitrogens is 2. The van der Waals surface area contributed by atoms with E-state index in [1.54, 1.807) is 12.1 Å². The van der Waals surface area contributed by atoms with Crippen LogP contribution in [-0.4, -0.2) is 35.3 Å². The minimum atomic E-state index is -0.607. The number of para-hydroxylation sites is 2. The Morgan fingerprint density at radius 3 is 2.75 bits per heavy atom. The molecule has 0 amide bonds. The number of nitrogens with zero attached hydrogens (tertiary/aromatic N) is 2. The number of carbonyl (C=O) groups excluding carboxylic acids is 1. The van der Waals surface area contributed by atoms with Crippen molar-refractivity contribution in [2.45, 2.75) is 18.9 Å². The monoisotopic (exact) mass is 401 g/mol. The maximum atomic E-state index is 13.4. The Kier molecular flexibility index (Phi) is 5.36. The summed E-state index contributed by atoms with van der Waals surface area (Å²) in [6, 6.07) is 11.3. The van der Waals surface area contributed by atoms with E-state index in [2.05, 4.69) is 15.3 Å². The molecule has 0 unspecified atom stereocenters. The topological polar surface area (TPSA) is 73.3 Å². The lowest BCUT2D eigenvalue weighted by molar-refractivity contribution is 0.0157. The lowest BCUT2D eigenvalue weighted by Gasteiger charge is -2.13. The second-order valence-corrected chi connectivity index (χ2v) is 6.80. The van der Waals surface area contributed by atoms with E-state index in [4.69, 9.17) is 21.1 Å². The molecule has 1 saturated heterocycles. The molecule has 1 N–H and O–H groups in total. The maximum absolute atomic E-state index is 13.4. The minimum Gasteiger partial charge on any atom is -0.458 e.